The van der Waals surface area contributed by atoms with Crippen LogP contribution in [0.15, 0.2) is 36.4 Å². The number of fused-ring (bicyclic) bond motifs is 2. The minimum atomic E-state index is -0.186. The van der Waals surface area contributed by atoms with E-state index in [-0.39, 0.29) is 24.0 Å². The lowest BCUT2D eigenvalue weighted by atomic mass is 9.95. The maximum Gasteiger partial charge on any atom is 0.253 e. The molecule has 6 heteroatoms. The van der Waals surface area contributed by atoms with Gasteiger partial charge >= 0.3 is 0 Å². The maximum atomic E-state index is 12.7. The molecule has 2 bridgehead atoms. The van der Waals surface area contributed by atoms with Crippen LogP contribution >= 0.6 is 11.6 Å². The van der Waals surface area contributed by atoms with Gasteiger partial charge in [0.2, 0.25) is 0 Å². The number of amides is 1. The van der Waals surface area contributed by atoms with Crippen LogP contribution in [0.3, 0.4) is 0 Å². The van der Waals surface area contributed by atoms with E-state index in [4.69, 9.17) is 11.6 Å². The molecule has 0 saturated carbocycles. The molecule has 26 heavy (non-hydrogen) atoms. The third-order valence-electron chi connectivity index (χ3n) is 5.37. The zero-order valence-electron chi connectivity index (χ0n) is 14.4. The Morgan fingerprint density at radius 3 is 2.88 bits per heavy atom. The molecule has 3 atom stereocenters. The Morgan fingerprint density at radius 2 is 2.19 bits per heavy atom. The molecule has 2 aliphatic rings. The number of carbonyl (C=O) groups excluding carboxylic acids is 1. The molecular formula is C20H19ClN4O. The molecule has 1 N–H and O–H groups in total. The molecule has 5 nitrogen and oxygen atoms in total. The van der Waals surface area contributed by atoms with Crippen molar-refractivity contribution in [2.75, 3.05) is 0 Å². The molecule has 4 rings (SSSR count). The van der Waals surface area contributed by atoms with Gasteiger partial charge in [0, 0.05) is 17.3 Å². The van der Waals surface area contributed by atoms with Gasteiger partial charge in [0.15, 0.2) is 6.19 Å². The number of hydrogen-bond acceptors (Lipinski definition) is 4. The summed E-state index contributed by atoms with van der Waals surface area (Å²) in [6.45, 7) is 1.94. The Kier molecular flexibility index (Phi) is 4.29. The Hall–Kier alpha value is -2.58. The molecule has 0 spiro atoms. The highest BCUT2D eigenvalue weighted by atomic mass is 35.5. The van der Waals surface area contributed by atoms with Crippen molar-refractivity contribution in [1.29, 1.82) is 5.26 Å². The molecule has 2 fully saturated rings. The van der Waals surface area contributed by atoms with E-state index in [1.54, 1.807) is 12.1 Å². The SMILES string of the molecule is Cc1cccc(-c2ccc(C(=O)N[C@@H]3C[C@@H]4CC[C@H]3N4C#N)c(Cl)c2)n1. The number of pyridine rings is 1. The van der Waals surface area contributed by atoms with Crippen LogP contribution in [-0.2, 0) is 0 Å². The quantitative estimate of drug-likeness (QED) is 0.844. The third kappa shape index (κ3) is 2.91. The van der Waals surface area contributed by atoms with Gasteiger partial charge in [0.05, 0.1) is 28.4 Å². The number of hydrogen-bond donors (Lipinski definition) is 1. The number of rotatable bonds is 3. The van der Waals surface area contributed by atoms with E-state index in [0.29, 0.717) is 10.6 Å². The second-order valence-electron chi connectivity index (χ2n) is 6.98. The van der Waals surface area contributed by atoms with Gasteiger partial charge in [-0.3, -0.25) is 9.78 Å². The van der Waals surface area contributed by atoms with Gasteiger partial charge in [-0.25, -0.2) is 0 Å². The summed E-state index contributed by atoms with van der Waals surface area (Å²) >= 11 is 6.38. The van der Waals surface area contributed by atoms with Gasteiger partial charge in [0.25, 0.3) is 5.91 Å². The number of nitriles is 1. The van der Waals surface area contributed by atoms with Crippen molar-refractivity contribution < 1.29 is 4.79 Å². The standard InChI is InChI=1S/C20H19ClN4O/c1-12-3-2-4-17(23-12)13-5-7-15(16(21)9-13)20(26)24-18-10-14-6-8-19(18)25(14)11-22/h2-5,7,9,14,18-19H,6,8,10H2,1H3,(H,24,26)/t14-,18+,19+/m0/s1. The molecule has 2 aromatic rings. The second kappa shape index (κ2) is 6.62. The minimum absolute atomic E-state index is 0.00934. The van der Waals surface area contributed by atoms with E-state index < -0.39 is 0 Å². The summed E-state index contributed by atoms with van der Waals surface area (Å²) in [5, 5.41) is 12.7. The van der Waals surface area contributed by atoms with Gasteiger partial charge in [-0.1, -0.05) is 23.7 Å². The van der Waals surface area contributed by atoms with Gasteiger partial charge in [-0.05, 0) is 50.5 Å². The summed E-state index contributed by atoms with van der Waals surface area (Å²) < 4.78 is 0. The Balaban J connectivity index is 1.51. The van der Waals surface area contributed by atoms with Crippen LogP contribution in [0.2, 0.25) is 5.02 Å². The number of nitrogens with zero attached hydrogens (tertiary/aromatic N) is 3. The highest BCUT2D eigenvalue weighted by Crippen LogP contribution is 2.37. The van der Waals surface area contributed by atoms with Crippen molar-refractivity contribution in [3.05, 3.63) is 52.7 Å². The Morgan fingerprint density at radius 1 is 1.35 bits per heavy atom. The van der Waals surface area contributed by atoms with Gasteiger partial charge < -0.3 is 10.2 Å². The molecule has 1 aromatic heterocycles. The fraction of sp³-hybridized carbons (Fsp3) is 0.350. The van der Waals surface area contributed by atoms with E-state index in [1.807, 2.05) is 36.1 Å². The average Bonchev–Trinajstić information content (AvgIpc) is 3.18. The third-order valence-corrected chi connectivity index (χ3v) is 5.68. The summed E-state index contributed by atoms with van der Waals surface area (Å²) in [6, 6.07) is 11.6. The van der Waals surface area contributed by atoms with Crippen LogP contribution in [0.5, 0.6) is 0 Å². The number of benzene rings is 1. The zero-order chi connectivity index (χ0) is 18.3. The molecule has 3 heterocycles. The van der Waals surface area contributed by atoms with Crippen molar-refractivity contribution in [3.8, 4) is 17.5 Å². The topological polar surface area (TPSA) is 69.0 Å². The highest BCUT2D eigenvalue weighted by molar-refractivity contribution is 6.34. The summed E-state index contributed by atoms with van der Waals surface area (Å²) in [6.07, 6.45) is 5.07. The molecule has 0 aliphatic carbocycles. The zero-order valence-corrected chi connectivity index (χ0v) is 15.2. The molecule has 2 saturated heterocycles. The summed E-state index contributed by atoms with van der Waals surface area (Å²) in [5.74, 6) is -0.186. The van der Waals surface area contributed by atoms with Crippen molar-refractivity contribution in [2.24, 2.45) is 0 Å². The van der Waals surface area contributed by atoms with E-state index in [0.717, 1.165) is 36.2 Å². The minimum Gasteiger partial charge on any atom is -0.347 e. The van der Waals surface area contributed by atoms with E-state index >= 15 is 0 Å². The van der Waals surface area contributed by atoms with E-state index in [1.165, 1.54) is 0 Å². The fourth-order valence-electron chi connectivity index (χ4n) is 4.11. The van der Waals surface area contributed by atoms with E-state index in [9.17, 15) is 10.1 Å². The first kappa shape index (κ1) is 16.9. The predicted molar refractivity (Wildman–Crippen MR) is 99.6 cm³/mol. The smallest absolute Gasteiger partial charge is 0.253 e. The lowest BCUT2D eigenvalue weighted by Crippen LogP contribution is -2.43. The van der Waals surface area contributed by atoms with Crippen LogP contribution in [0.1, 0.15) is 35.3 Å². The summed E-state index contributed by atoms with van der Waals surface area (Å²) in [4.78, 5) is 19.0. The fourth-order valence-corrected chi connectivity index (χ4v) is 4.37. The molecular weight excluding hydrogens is 348 g/mol. The van der Waals surface area contributed by atoms with Crippen molar-refractivity contribution in [1.82, 2.24) is 15.2 Å². The molecule has 0 unspecified atom stereocenters. The maximum absolute atomic E-state index is 12.7. The monoisotopic (exact) mass is 366 g/mol. The van der Waals surface area contributed by atoms with Gasteiger partial charge in [-0.2, -0.15) is 5.26 Å². The highest BCUT2D eigenvalue weighted by Gasteiger charge is 2.46. The van der Waals surface area contributed by atoms with Crippen LogP contribution in [0.4, 0.5) is 0 Å². The molecule has 1 amide bonds. The van der Waals surface area contributed by atoms with Crippen LogP contribution in [0.25, 0.3) is 11.3 Å². The number of nitrogens with one attached hydrogen (secondary N) is 1. The Bertz CT molecular complexity index is 907. The first-order valence-electron chi connectivity index (χ1n) is 8.79. The first-order valence-corrected chi connectivity index (χ1v) is 9.17. The molecule has 2 aliphatic heterocycles. The molecule has 1 aromatic carbocycles. The Labute approximate surface area is 157 Å². The van der Waals surface area contributed by atoms with Crippen molar-refractivity contribution in [2.45, 2.75) is 44.3 Å². The number of aryl methyl sites for hydroxylation is 1. The average molecular weight is 367 g/mol. The lowest BCUT2D eigenvalue weighted by molar-refractivity contribution is 0.0928. The largest absolute Gasteiger partial charge is 0.347 e. The normalized spacial score (nSPS) is 23.7. The summed E-state index contributed by atoms with van der Waals surface area (Å²) in [7, 11) is 0. The first-order chi connectivity index (χ1) is 12.6. The lowest BCUT2D eigenvalue weighted by Gasteiger charge is -2.22. The van der Waals surface area contributed by atoms with Gasteiger partial charge in [0.1, 0.15) is 0 Å². The van der Waals surface area contributed by atoms with Gasteiger partial charge in [-0.15, -0.1) is 0 Å². The molecule has 0 radical (unpaired) electrons. The molecule has 132 valence electrons. The number of aromatic nitrogens is 1. The predicted octanol–water partition coefficient (Wildman–Crippen LogP) is 3.53. The second-order valence-corrected chi connectivity index (χ2v) is 7.39. The van der Waals surface area contributed by atoms with Crippen LogP contribution < -0.4 is 5.32 Å². The van der Waals surface area contributed by atoms with Crippen LogP contribution in [-0.4, -0.2) is 33.9 Å². The van der Waals surface area contributed by atoms with E-state index in [2.05, 4.69) is 16.5 Å². The van der Waals surface area contributed by atoms with Crippen molar-refractivity contribution >= 4 is 17.5 Å². The van der Waals surface area contributed by atoms with Crippen molar-refractivity contribution in [3.63, 3.8) is 0 Å². The number of carbonyl (C=O) groups is 1. The summed E-state index contributed by atoms with van der Waals surface area (Å²) in [5.41, 5.74) is 3.09. The number of halogens is 1. The van der Waals surface area contributed by atoms with Crippen LogP contribution in [0, 0.1) is 18.4 Å².